The van der Waals surface area contributed by atoms with Gasteiger partial charge in [0.2, 0.25) is 0 Å². The molecule has 92 valence electrons. The molecule has 0 fully saturated rings. The molecule has 2 aromatic carbocycles. The van der Waals surface area contributed by atoms with Crippen molar-refractivity contribution >= 4 is 38.9 Å². The third-order valence-electron chi connectivity index (χ3n) is 2.35. The summed E-state index contributed by atoms with van der Waals surface area (Å²) in [5.41, 5.74) is 13.6. The van der Waals surface area contributed by atoms with Crippen molar-refractivity contribution in [3.8, 4) is 0 Å². The quantitative estimate of drug-likeness (QED) is 0.746. The topological polar surface area (TPSA) is 81.1 Å². The fourth-order valence-corrected chi connectivity index (χ4v) is 2.02. The van der Waals surface area contributed by atoms with Crippen LogP contribution in [0.4, 0.5) is 17.1 Å². The SMILES string of the molecule is Nc1ccc(NC(=O)c2cc(N)cc(Br)c2)cc1. The van der Waals surface area contributed by atoms with E-state index in [-0.39, 0.29) is 5.91 Å². The van der Waals surface area contributed by atoms with Gasteiger partial charge in [0.15, 0.2) is 0 Å². The van der Waals surface area contributed by atoms with Gasteiger partial charge in [-0.3, -0.25) is 4.79 Å². The summed E-state index contributed by atoms with van der Waals surface area (Å²) in [6.07, 6.45) is 0. The van der Waals surface area contributed by atoms with Gasteiger partial charge in [-0.1, -0.05) is 15.9 Å². The molecule has 0 aliphatic rings. The molecular weight excluding hydrogens is 294 g/mol. The molecule has 5 N–H and O–H groups in total. The molecule has 0 heterocycles. The molecule has 5 heteroatoms. The molecule has 0 spiro atoms. The lowest BCUT2D eigenvalue weighted by molar-refractivity contribution is 0.102. The third kappa shape index (κ3) is 3.01. The number of nitrogens with one attached hydrogen (secondary N) is 1. The van der Waals surface area contributed by atoms with E-state index in [0.717, 1.165) is 4.47 Å². The molecule has 1 amide bonds. The van der Waals surface area contributed by atoms with Gasteiger partial charge in [0.05, 0.1) is 0 Å². The molecule has 4 nitrogen and oxygen atoms in total. The van der Waals surface area contributed by atoms with E-state index < -0.39 is 0 Å². The van der Waals surface area contributed by atoms with Crippen molar-refractivity contribution in [2.45, 2.75) is 0 Å². The highest BCUT2D eigenvalue weighted by Gasteiger charge is 2.07. The average molecular weight is 306 g/mol. The van der Waals surface area contributed by atoms with Gasteiger partial charge in [0.1, 0.15) is 0 Å². The second kappa shape index (κ2) is 5.10. The minimum absolute atomic E-state index is 0.215. The van der Waals surface area contributed by atoms with Crippen LogP contribution in [0.1, 0.15) is 10.4 Å². The number of amides is 1. The van der Waals surface area contributed by atoms with E-state index in [1.165, 1.54) is 0 Å². The van der Waals surface area contributed by atoms with E-state index in [1.54, 1.807) is 42.5 Å². The summed E-state index contributed by atoms with van der Waals surface area (Å²) in [6, 6.07) is 12.0. The Bertz CT molecular complexity index is 561. The van der Waals surface area contributed by atoms with Crippen molar-refractivity contribution in [1.82, 2.24) is 0 Å². The zero-order valence-corrected chi connectivity index (χ0v) is 11.1. The van der Waals surface area contributed by atoms with Gasteiger partial charge in [0, 0.05) is 27.1 Å². The van der Waals surface area contributed by atoms with Crippen LogP contribution < -0.4 is 16.8 Å². The summed E-state index contributed by atoms with van der Waals surface area (Å²) in [6.45, 7) is 0. The van der Waals surface area contributed by atoms with Crippen LogP contribution in [0.2, 0.25) is 0 Å². The van der Waals surface area contributed by atoms with E-state index in [9.17, 15) is 4.79 Å². The second-order valence-corrected chi connectivity index (χ2v) is 4.77. The number of hydrogen-bond donors (Lipinski definition) is 3. The summed E-state index contributed by atoms with van der Waals surface area (Å²) in [4.78, 5) is 12.0. The molecule has 0 radical (unpaired) electrons. The van der Waals surface area contributed by atoms with Crippen LogP contribution in [-0.2, 0) is 0 Å². The fraction of sp³-hybridized carbons (Fsp3) is 0. The predicted molar refractivity (Wildman–Crippen MR) is 77.4 cm³/mol. The molecule has 0 aliphatic carbocycles. The second-order valence-electron chi connectivity index (χ2n) is 3.85. The Morgan fingerprint density at radius 2 is 1.67 bits per heavy atom. The molecule has 0 saturated carbocycles. The molecule has 2 rings (SSSR count). The smallest absolute Gasteiger partial charge is 0.255 e. The number of carbonyl (C=O) groups excluding carboxylic acids is 1. The largest absolute Gasteiger partial charge is 0.399 e. The molecule has 0 atom stereocenters. The highest BCUT2D eigenvalue weighted by Crippen LogP contribution is 2.19. The summed E-state index contributed by atoms with van der Waals surface area (Å²) in [7, 11) is 0. The molecule has 2 aromatic rings. The van der Waals surface area contributed by atoms with Gasteiger partial charge in [0.25, 0.3) is 5.91 Å². The Morgan fingerprint density at radius 1 is 1.00 bits per heavy atom. The van der Waals surface area contributed by atoms with Crippen LogP contribution in [0.3, 0.4) is 0 Å². The van der Waals surface area contributed by atoms with E-state index in [2.05, 4.69) is 21.2 Å². The van der Waals surface area contributed by atoms with Crippen molar-refractivity contribution in [3.63, 3.8) is 0 Å². The van der Waals surface area contributed by atoms with Gasteiger partial charge >= 0.3 is 0 Å². The Morgan fingerprint density at radius 3 is 2.28 bits per heavy atom. The first-order valence-corrected chi connectivity index (χ1v) is 6.07. The van der Waals surface area contributed by atoms with Crippen LogP contribution in [0.5, 0.6) is 0 Å². The van der Waals surface area contributed by atoms with Gasteiger partial charge in [-0.25, -0.2) is 0 Å². The van der Waals surface area contributed by atoms with Crippen LogP contribution in [0.25, 0.3) is 0 Å². The lowest BCUT2D eigenvalue weighted by Crippen LogP contribution is -2.12. The number of carbonyl (C=O) groups is 1. The van der Waals surface area contributed by atoms with Crippen molar-refractivity contribution in [2.24, 2.45) is 0 Å². The first kappa shape index (κ1) is 12.4. The number of benzene rings is 2. The summed E-state index contributed by atoms with van der Waals surface area (Å²) in [5.74, 6) is -0.215. The standard InChI is InChI=1S/C13H12BrN3O/c14-9-5-8(6-11(16)7-9)13(18)17-12-3-1-10(15)2-4-12/h1-7H,15-16H2,(H,17,18). The first-order valence-electron chi connectivity index (χ1n) is 5.27. The number of nitrogen functional groups attached to an aromatic ring is 2. The molecule has 18 heavy (non-hydrogen) atoms. The van der Waals surface area contributed by atoms with Crippen molar-refractivity contribution in [3.05, 3.63) is 52.5 Å². The van der Waals surface area contributed by atoms with Gasteiger partial charge in [-0.15, -0.1) is 0 Å². The van der Waals surface area contributed by atoms with Crippen molar-refractivity contribution in [2.75, 3.05) is 16.8 Å². The molecule has 0 aliphatic heterocycles. The first-order chi connectivity index (χ1) is 8.54. The summed E-state index contributed by atoms with van der Waals surface area (Å²) in [5, 5.41) is 2.77. The van der Waals surface area contributed by atoms with Crippen molar-refractivity contribution < 1.29 is 4.79 Å². The van der Waals surface area contributed by atoms with Gasteiger partial charge < -0.3 is 16.8 Å². The average Bonchev–Trinajstić information content (AvgIpc) is 2.31. The lowest BCUT2D eigenvalue weighted by Gasteiger charge is -2.06. The zero-order chi connectivity index (χ0) is 13.1. The highest BCUT2D eigenvalue weighted by molar-refractivity contribution is 9.10. The van der Waals surface area contributed by atoms with Crippen molar-refractivity contribution in [1.29, 1.82) is 0 Å². The minimum Gasteiger partial charge on any atom is -0.399 e. The number of hydrogen-bond acceptors (Lipinski definition) is 3. The normalized spacial score (nSPS) is 10.1. The maximum atomic E-state index is 12.0. The van der Waals surface area contributed by atoms with E-state index >= 15 is 0 Å². The Labute approximate surface area is 113 Å². The number of halogens is 1. The Kier molecular flexibility index (Phi) is 3.53. The summed E-state index contributed by atoms with van der Waals surface area (Å²) < 4.78 is 0.768. The molecule has 0 bridgehead atoms. The van der Waals surface area contributed by atoms with Crippen LogP contribution in [0.15, 0.2) is 46.9 Å². The maximum Gasteiger partial charge on any atom is 0.255 e. The Balaban J connectivity index is 2.19. The predicted octanol–water partition coefficient (Wildman–Crippen LogP) is 2.87. The summed E-state index contributed by atoms with van der Waals surface area (Å²) >= 11 is 3.30. The molecule has 0 aromatic heterocycles. The Hall–Kier alpha value is -2.01. The molecular formula is C13H12BrN3O. The third-order valence-corrected chi connectivity index (χ3v) is 2.81. The van der Waals surface area contributed by atoms with E-state index in [1.807, 2.05) is 0 Å². The number of nitrogens with two attached hydrogens (primary N) is 2. The van der Waals surface area contributed by atoms with Crippen LogP contribution in [0, 0.1) is 0 Å². The molecule has 0 saturated heterocycles. The highest BCUT2D eigenvalue weighted by atomic mass is 79.9. The number of rotatable bonds is 2. The van der Waals surface area contributed by atoms with E-state index in [0.29, 0.717) is 22.6 Å². The van der Waals surface area contributed by atoms with Crippen LogP contribution in [-0.4, -0.2) is 5.91 Å². The van der Waals surface area contributed by atoms with Crippen LogP contribution >= 0.6 is 15.9 Å². The minimum atomic E-state index is -0.215. The molecule has 0 unspecified atom stereocenters. The maximum absolute atomic E-state index is 12.0. The zero-order valence-electron chi connectivity index (χ0n) is 9.48. The van der Waals surface area contributed by atoms with Gasteiger partial charge in [-0.2, -0.15) is 0 Å². The number of anilines is 3. The monoisotopic (exact) mass is 305 g/mol. The van der Waals surface area contributed by atoms with E-state index in [4.69, 9.17) is 11.5 Å². The lowest BCUT2D eigenvalue weighted by atomic mass is 10.2. The fourth-order valence-electron chi connectivity index (χ4n) is 1.51. The van der Waals surface area contributed by atoms with Gasteiger partial charge in [-0.05, 0) is 42.5 Å².